The highest BCUT2D eigenvalue weighted by Gasteiger charge is 2.32. The van der Waals surface area contributed by atoms with Gasteiger partial charge in [-0.1, -0.05) is 30.9 Å². The predicted octanol–water partition coefficient (Wildman–Crippen LogP) is 5.17. The molecule has 0 aromatic carbocycles. The number of rotatable bonds is 6. The van der Waals surface area contributed by atoms with Gasteiger partial charge in [-0.3, -0.25) is 9.69 Å². The van der Waals surface area contributed by atoms with E-state index in [2.05, 4.69) is 4.98 Å². The van der Waals surface area contributed by atoms with Crippen molar-refractivity contribution in [1.29, 1.82) is 0 Å². The number of thiazole rings is 1. The molecule has 0 saturated heterocycles. The standard InChI is InChI=1S/C19H21ClN2O3S2/c1-13(25-17(23)10-8-15-7-9-16(20)27-15)18(24)22(19-21-11-12-26-19)14-5-3-2-4-6-14/h7-14H,2-6H2,1H3/b10-8+. The lowest BCUT2D eigenvalue weighted by Crippen LogP contribution is -2.47. The van der Waals surface area contributed by atoms with Gasteiger partial charge >= 0.3 is 5.97 Å². The highest BCUT2D eigenvalue weighted by atomic mass is 35.5. The van der Waals surface area contributed by atoms with E-state index in [1.807, 2.05) is 11.4 Å². The Bertz CT molecular complexity index is 798. The fourth-order valence-electron chi connectivity index (χ4n) is 3.13. The first kappa shape index (κ1) is 20.0. The van der Waals surface area contributed by atoms with Crippen LogP contribution in [0.4, 0.5) is 5.13 Å². The van der Waals surface area contributed by atoms with Gasteiger partial charge in [0, 0.05) is 28.6 Å². The van der Waals surface area contributed by atoms with Crippen molar-refractivity contribution in [3.05, 3.63) is 39.0 Å². The van der Waals surface area contributed by atoms with Gasteiger partial charge in [0.15, 0.2) is 11.2 Å². The van der Waals surface area contributed by atoms with Gasteiger partial charge in [-0.05, 0) is 38.0 Å². The van der Waals surface area contributed by atoms with Crippen molar-refractivity contribution in [1.82, 2.24) is 4.98 Å². The second kappa shape index (κ2) is 9.48. The molecule has 1 aliphatic carbocycles. The Morgan fingerprint density at radius 3 is 2.74 bits per heavy atom. The largest absolute Gasteiger partial charge is 0.449 e. The first-order valence-corrected chi connectivity index (χ1v) is 11.0. The zero-order valence-electron chi connectivity index (χ0n) is 15.0. The van der Waals surface area contributed by atoms with E-state index in [0.717, 1.165) is 30.6 Å². The van der Waals surface area contributed by atoms with Crippen LogP contribution in [0.25, 0.3) is 6.08 Å². The third-order valence-corrected chi connectivity index (χ3v) is 6.39. The zero-order valence-corrected chi connectivity index (χ0v) is 17.4. The molecule has 0 radical (unpaired) electrons. The molecule has 3 rings (SSSR count). The summed E-state index contributed by atoms with van der Waals surface area (Å²) < 4.78 is 5.99. The quantitative estimate of drug-likeness (QED) is 0.474. The normalized spacial score (nSPS) is 16.4. The van der Waals surface area contributed by atoms with E-state index >= 15 is 0 Å². The summed E-state index contributed by atoms with van der Waals surface area (Å²) in [5, 5.41) is 2.52. The highest BCUT2D eigenvalue weighted by molar-refractivity contribution is 7.17. The van der Waals surface area contributed by atoms with Crippen molar-refractivity contribution in [3.8, 4) is 0 Å². The number of thiophene rings is 1. The van der Waals surface area contributed by atoms with Gasteiger partial charge in [0.1, 0.15) is 0 Å². The van der Waals surface area contributed by atoms with Crippen LogP contribution in [0.1, 0.15) is 43.9 Å². The van der Waals surface area contributed by atoms with E-state index in [9.17, 15) is 9.59 Å². The van der Waals surface area contributed by atoms with E-state index in [1.54, 1.807) is 30.2 Å². The molecule has 27 heavy (non-hydrogen) atoms. The van der Waals surface area contributed by atoms with Crippen LogP contribution in [0.3, 0.4) is 0 Å². The number of nitrogens with zero attached hydrogens (tertiary/aromatic N) is 2. The number of amides is 1. The molecule has 1 fully saturated rings. The number of anilines is 1. The first-order chi connectivity index (χ1) is 13.0. The van der Waals surface area contributed by atoms with E-state index in [1.165, 1.54) is 35.2 Å². The Hall–Kier alpha value is -1.70. The summed E-state index contributed by atoms with van der Waals surface area (Å²) in [5.74, 6) is -0.777. The van der Waals surface area contributed by atoms with Crippen LogP contribution >= 0.6 is 34.3 Å². The number of esters is 1. The number of halogens is 1. The lowest BCUT2D eigenvalue weighted by Gasteiger charge is -2.33. The fraction of sp³-hybridized carbons (Fsp3) is 0.421. The second-order valence-corrected chi connectivity index (χ2v) is 8.99. The van der Waals surface area contributed by atoms with Gasteiger partial charge < -0.3 is 4.74 Å². The highest BCUT2D eigenvalue weighted by Crippen LogP contribution is 2.29. The van der Waals surface area contributed by atoms with Crippen LogP contribution in [0, 0.1) is 0 Å². The number of hydrogen-bond acceptors (Lipinski definition) is 6. The monoisotopic (exact) mass is 424 g/mol. The SMILES string of the molecule is CC(OC(=O)/C=C/c1ccc(Cl)s1)C(=O)N(c1nccs1)C1CCCCC1. The molecule has 1 aliphatic rings. The van der Waals surface area contributed by atoms with Crippen molar-refractivity contribution in [2.24, 2.45) is 0 Å². The topological polar surface area (TPSA) is 59.5 Å². The molecule has 1 atom stereocenters. The molecular formula is C19H21ClN2O3S2. The van der Waals surface area contributed by atoms with Crippen molar-refractivity contribution in [2.45, 2.75) is 51.2 Å². The molecule has 8 heteroatoms. The molecule has 2 heterocycles. The third-order valence-electron chi connectivity index (χ3n) is 4.42. The van der Waals surface area contributed by atoms with E-state index in [0.29, 0.717) is 9.47 Å². The number of carbonyl (C=O) groups excluding carboxylic acids is 2. The van der Waals surface area contributed by atoms with E-state index in [4.69, 9.17) is 16.3 Å². The average molecular weight is 425 g/mol. The molecule has 5 nitrogen and oxygen atoms in total. The summed E-state index contributed by atoms with van der Waals surface area (Å²) in [6.45, 7) is 1.61. The average Bonchev–Trinajstić information content (AvgIpc) is 3.33. The number of aromatic nitrogens is 1. The molecule has 1 amide bonds. The van der Waals surface area contributed by atoms with Crippen molar-refractivity contribution in [3.63, 3.8) is 0 Å². The summed E-state index contributed by atoms with van der Waals surface area (Å²) in [4.78, 5) is 32.0. The van der Waals surface area contributed by atoms with Crippen molar-refractivity contribution < 1.29 is 14.3 Å². The maximum atomic E-state index is 13.0. The Labute approximate surface area is 171 Å². The van der Waals surface area contributed by atoms with E-state index in [-0.39, 0.29) is 11.9 Å². The van der Waals surface area contributed by atoms with Crippen LogP contribution in [0.5, 0.6) is 0 Å². The Morgan fingerprint density at radius 1 is 1.33 bits per heavy atom. The Morgan fingerprint density at radius 2 is 2.11 bits per heavy atom. The van der Waals surface area contributed by atoms with Crippen molar-refractivity contribution in [2.75, 3.05) is 4.90 Å². The predicted molar refractivity (Wildman–Crippen MR) is 110 cm³/mol. The molecule has 0 aliphatic heterocycles. The van der Waals surface area contributed by atoms with Crippen LogP contribution in [0.15, 0.2) is 29.8 Å². The molecular weight excluding hydrogens is 404 g/mol. The van der Waals surface area contributed by atoms with Gasteiger partial charge in [0.2, 0.25) is 0 Å². The van der Waals surface area contributed by atoms with Crippen LogP contribution in [-0.2, 0) is 14.3 Å². The lowest BCUT2D eigenvalue weighted by atomic mass is 9.94. The smallest absolute Gasteiger partial charge is 0.331 e. The fourth-order valence-corrected chi connectivity index (χ4v) is 4.81. The summed E-state index contributed by atoms with van der Waals surface area (Å²) in [6.07, 6.45) is 9.05. The maximum absolute atomic E-state index is 13.0. The zero-order chi connectivity index (χ0) is 19.2. The molecule has 2 aromatic heterocycles. The number of carbonyl (C=O) groups is 2. The molecule has 0 spiro atoms. The summed E-state index contributed by atoms with van der Waals surface area (Å²) in [7, 11) is 0. The van der Waals surface area contributed by atoms with Gasteiger partial charge in [0.05, 0.1) is 4.34 Å². The third kappa shape index (κ3) is 5.40. The van der Waals surface area contributed by atoms with Gasteiger partial charge in [0.25, 0.3) is 5.91 Å². The molecule has 2 aromatic rings. The number of hydrogen-bond donors (Lipinski definition) is 0. The minimum absolute atomic E-state index is 0.113. The van der Waals surface area contributed by atoms with Crippen molar-refractivity contribution >= 4 is 57.4 Å². The number of ether oxygens (including phenoxy) is 1. The minimum atomic E-state index is -0.875. The molecule has 1 unspecified atom stereocenters. The van der Waals surface area contributed by atoms with Gasteiger partial charge in [-0.2, -0.15) is 0 Å². The van der Waals surface area contributed by atoms with Gasteiger partial charge in [-0.15, -0.1) is 22.7 Å². The van der Waals surface area contributed by atoms with Crippen LogP contribution < -0.4 is 4.90 Å². The molecule has 144 valence electrons. The second-order valence-electron chi connectivity index (χ2n) is 6.37. The Balaban J connectivity index is 1.65. The Kier molecular flexibility index (Phi) is 7.04. The molecule has 0 bridgehead atoms. The summed E-state index contributed by atoms with van der Waals surface area (Å²) >= 11 is 8.67. The first-order valence-electron chi connectivity index (χ1n) is 8.91. The van der Waals surface area contributed by atoms with Crippen LogP contribution in [0.2, 0.25) is 4.34 Å². The minimum Gasteiger partial charge on any atom is -0.449 e. The van der Waals surface area contributed by atoms with Gasteiger partial charge in [-0.25, -0.2) is 9.78 Å². The molecule has 0 N–H and O–H groups in total. The summed E-state index contributed by atoms with van der Waals surface area (Å²) in [6, 6.07) is 3.69. The summed E-state index contributed by atoms with van der Waals surface area (Å²) in [5.41, 5.74) is 0. The van der Waals surface area contributed by atoms with E-state index < -0.39 is 12.1 Å². The molecule has 1 saturated carbocycles. The van der Waals surface area contributed by atoms with Crippen LogP contribution in [-0.4, -0.2) is 29.0 Å². The lowest BCUT2D eigenvalue weighted by molar-refractivity contribution is -0.149. The maximum Gasteiger partial charge on any atom is 0.331 e.